The fraction of sp³-hybridized carbons (Fsp3) is 0.0952. The highest BCUT2D eigenvalue weighted by Crippen LogP contribution is 2.49. The third-order valence-corrected chi connectivity index (χ3v) is 5.20. The summed E-state index contributed by atoms with van der Waals surface area (Å²) in [6, 6.07) is 16.0. The number of hydrogen-bond acceptors (Lipinski definition) is 5. The lowest BCUT2D eigenvalue weighted by molar-refractivity contribution is 0.402. The number of fused-ring (bicyclic) bond motifs is 2. The molecule has 0 aliphatic carbocycles. The topological polar surface area (TPSA) is 81.8 Å². The second kappa shape index (κ2) is 6.52. The first-order valence-corrected chi connectivity index (χ1v) is 9.41. The van der Waals surface area contributed by atoms with E-state index in [1.54, 1.807) is 16.8 Å². The van der Waals surface area contributed by atoms with Crippen molar-refractivity contribution in [1.29, 1.82) is 0 Å². The van der Waals surface area contributed by atoms with E-state index in [-0.39, 0.29) is 16.5 Å². The molecule has 1 aliphatic rings. The molecule has 29 heavy (non-hydrogen) atoms. The number of anilines is 1. The van der Waals surface area contributed by atoms with Crippen LogP contribution in [0.4, 0.5) is 10.2 Å². The lowest BCUT2D eigenvalue weighted by atomic mass is 9.84. The Bertz CT molecular complexity index is 1280. The van der Waals surface area contributed by atoms with Gasteiger partial charge in [-0.2, -0.15) is 10.1 Å². The Hall–Kier alpha value is -3.52. The van der Waals surface area contributed by atoms with Crippen LogP contribution in [0.25, 0.3) is 5.69 Å². The predicted octanol–water partition coefficient (Wildman–Crippen LogP) is 4.64. The fourth-order valence-corrected chi connectivity index (χ4v) is 3.95. The molecule has 4 aromatic rings. The van der Waals surface area contributed by atoms with Gasteiger partial charge in [-0.15, -0.1) is 0 Å². The summed E-state index contributed by atoms with van der Waals surface area (Å²) in [6.45, 7) is 1.91. The molecule has 2 aromatic heterocycles. The molecule has 8 heteroatoms. The molecule has 144 valence electrons. The molecule has 0 amide bonds. The van der Waals surface area contributed by atoms with Crippen LogP contribution in [0.1, 0.15) is 28.3 Å². The zero-order chi connectivity index (χ0) is 20.1. The maximum atomic E-state index is 13.6. The van der Waals surface area contributed by atoms with Gasteiger partial charge in [-0.25, -0.2) is 9.07 Å². The van der Waals surface area contributed by atoms with E-state index >= 15 is 0 Å². The number of benzene rings is 2. The number of ether oxygens (including phenoxy) is 1. The van der Waals surface area contributed by atoms with Crippen molar-refractivity contribution in [1.82, 2.24) is 19.7 Å². The highest BCUT2D eigenvalue weighted by atomic mass is 32.1. The van der Waals surface area contributed by atoms with Gasteiger partial charge in [-0.3, -0.25) is 0 Å². The predicted molar refractivity (Wildman–Crippen MR) is 110 cm³/mol. The minimum Gasteiger partial charge on any atom is -0.420 e. The van der Waals surface area contributed by atoms with Crippen LogP contribution in [0.15, 0.2) is 54.6 Å². The Kier molecular flexibility index (Phi) is 3.95. The van der Waals surface area contributed by atoms with Gasteiger partial charge >= 0.3 is 0 Å². The monoisotopic (exact) mass is 405 g/mol. The molecule has 3 N–H and O–H groups in total. The number of aromatic nitrogens is 4. The molecule has 0 fully saturated rings. The molecule has 2 aromatic carbocycles. The standard InChI is InChI=1S/C21H16FN5OS/c1-11-15-16(12-7-9-13(22)10-8-12)17-18(23)24-21(29)25-19(17)28-20(15)27(26-11)14-5-3-2-4-6-14/h2-10,16H,1H3,(H3,23,24,25,29). The van der Waals surface area contributed by atoms with E-state index in [1.807, 2.05) is 37.3 Å². The van der Waals surface area contributed by atoms with Crippen molar-refractivity contribution >= 4 is 18.0 Å². The minimum atomic E-state index is -0.328. The van der Waals surface area contributed by atoms with E-state index in [9.17, 15) is 4.39 Å². The SMILES string of the molecule is Cc1nn(-c2ccccc2)c2c1C(c1ccc(F)cc1)c1c(nc(=S)[nH]c1N)O2. The maximum Gasteiger partial charge on any atom is 0.231 e. The number of para-hydroxylation sites is 1. The van der Waals surface area contributed by atoms with Crippen LogP contribution in [0.3, 0.4) is 0 Å². The molecule has 0 saturated carbocycles. The first-order valence-electron chi connectivity index (χ1n) is 9.01. The summed E-state index contributed by atoms with van der Waals surface area (Å²) in [4.78, 5) is 7.25. The molecule has 1 atom stereocenters. The van der Waals surface area contributed by atoms with Crippen molar-refractivity contribution in [2.24, 2.45) is 0 Å². The molecule has 0 saturated heterocycles. The van der Waals surface area contributed by atoms with E-state index in [0.717, 1.165) is 22.5 Å². The third-order valence-electron chi connectivity index (χ3n) is 5.00. The summed E-state index contributed by atoms with van der Waals surface area (Å²) in [5.74, 6) is 0.600. The first kappa shape index (κ1) is 17.6. The number of nitrogens with zero attached hydrogens (tertiary/aromatic N) is 3. The number of hydrogen-bond donors (Lipinski definition) is 2. The average Bonchev–Trinajstić information content (AvgIpc) is 3.04. The van der Waals surface area contributed by atoms with E-state index in [2.05, 4.69) is 9.97 Å². The van der Waals surface area contributed by atoms with Crippen LogP contribution in [0.5, 0.6) is 11.8 Å². The van der Waals surface area contributed by atoms with Gasteiger partial charge in [0.25, 0.3) is 0 Å². The second-order valence-electron chi connectivity index (χ2n) is 6.81. The molecular formula is C21H16FN5OS. The molecule has 0 radical (unpaired) electrons. The molecule has 1 aliphatic heterocycles. The number of nitrogens with one attached hydrogen (secondary N) is 1. The smallest absolute Gasteiger partial charge is 0.231 e. The van der Waals surface area contributed by atoms with Crippen molar-refractivity contribution in [2.45, 2.75) is 12.8 Å². The van der Waals surface area contributed by atoms with E-state index in [1.165, 1.54) is 12.1 Å². The highest BCUT2D eigenvalue weighted by Gasteiger charge is 2.37. The van der Waals surface area contributed by atoms with Gasteiger partial charge in [0.05, 0.1) is 28.4 Å². The summed E-state index contributed by atoms with van der Waals surface area (Å²) >= 11 is 5.19. The summed E-state index contributed by atoms with van der Waals surface area (Å²) in [7, 11) is 0. The molecule has 6 nitrogen and oxygen atoms in total. The average molecular weight is 405 g/mol. The van der Waals surface area contributed by atoms with Crippen LogP contribution < -0.4 is 10.5 Å². The van der Waals surface area contributed by atoms with Gasteiger partial charge < -0.3 is 15.5 Å². The summed E-state index contributed by atoms with van der Waals surface area (Å²) < 4.78 is 21.7. The first-order chi connectivity index (χ1) is 14.0. The number of nitrogens with two attached hydrogens (primary N) is 1. The summed E-state index contributed by atoms with van der Waals surface area (Å²) in [5, 5.41) is 4.70. The van der Waals surface area contributed by atoms with E-state index in [0.29, 0.717) is 23.1 Å². The number of nitrogen functional groups attached to an aromatic ring is 1. The fourth-order valence-electron chi connectivity index (χ4n) is 3.75. The number of rotatable bonds is 2. The Balaban J connectivity index is 1.81. The van der Waals surface area contributed by atoms with Crippen LogP contribution >= 0.6 is 12.2 Å². The van der Waals surface area contributed by atoms with Crippen LogP contribution in [0.2, 0.25) is 0 Å². The Morgan fingerprint density at radius 1 is 1.10 bits per heavy atom. The molecule has 5 rings (SSSR count). The molecular weight excluding hydrogens is 389 g/mol. The molecule has 1 unspecified atom stereocenters. The lowest BCUT2D eigenvalue weighted by Gasteiger charge is -2.27. The Morgan fingerprint density at radius 3 is 2.55 bits per heavy atom. The summed E-state index contributed by atoms with van der Waals surface area (Å²) in [5.41, 5.74) is 10.3. The van der Waals surface area contributed by atoms with Crippen molar-refractivity contribution < 1.29 is 9.13 Å². The molecule has 0 spiro atoms. The zero-order valence-corrected chi connectivity index (χ0v) is 16.2. The van der Waals surface area contributed by atoms with Crippen molar-refractivity contribution in [2.75, 3.05) is 5.73 Å². The minimum absolute atomic E-state index is 0.227. The highest BCUT2D eigenvalue weighted by molar-refractivity contribution is 7.71. The third kappa shape index (κ3) is 2.80. The zero-order valence-electron chi connectivity index (χ0n) is 15.4. The van der Waals surface area contributed by atoms with E-state index < -0.39 is 0 Å². The van der Waals surface area contributed by atoms with Crippen molar-refractivity contribution in [3.05, 3.63) is 87.6 Å². The quantitative estimate of drug-likeness (QED) is 0.418. The van der Waals surface area contributed by atoms with Crippen LogP contribution in [0, 0.1) is 17.5 Å². The van der Waals surface area contributed by atoms with Crippen LogP contribution in [-0.4, -0.2) is 19.7 Å². The molecule has 0 bridgehead atoms. The van der Waals surface area contributed by atoms with Crippen LogP contribution in [-0.2, 0) is 0 Å². The van der Waals surface area contributed by atoms with Gasteiger partial charge in [-0.05, 0) is 49.0 Å². The Labute approximate surface area is 170 Å². The number of aryl methyl sites for hydroxylation is 1. The lowest BCUT2D eigenvalue weighted by Crippen LogP contribution is -2.17. The van der Waals surface area contributed by atoms with Crippen molar-refractivity contribution in [3.8, 4) is 17.4 Å². The van der Waals surface area contributed by atoms with Gasteiger partial charge in [-0.1, -0.05) is 30.3 Å². The Morgan fingerprint density at radius 2 is 1.83 bits per heavy atom. The van der Waals surface area contributed by atoms with Gasteiger partial charge in [0, 0.05) is 0 Å². The summed E-state index contributed by atoms with van der Waals surface area (Å²) in [6.07, 6.45) is 0. The van der Waals surface area contributed by atoms with Gasteiger partial charge in [0.1, 0.15) is 11.6 Å². The largest absolute Gasteiger partial charge is 0.420 e. The van der Waals surface area contributed by atoms with Gasteiger partial charge in [0.2, 0.25) is 16.5 Å². The maximum absolute atomic E-state index is 13.6. The molecule has 3 heterocycles. The number of H-pyrrole nitrogens is 1. The normalized spacial score (nSPS) is 14.8. The van der Waals surface area contributed by atoms with Crippen molar-refractivity contribution in [3.63, 3.8) is 0 Å². The number of halogens is 1. The number of aromatic amines is 1. The second-order valence-corrected chi connectivity index (χ2v) is 7.20. The van der Waals surface area contributed by atoms with Gasteiger partial charge in [0.15, 0.2) is 0 Å². The van der Waals surface area contributed by atoms with E-state index in [4.69, 9.17) is 27.8 Å².